The van der Waals surface area contributed by atoms with Gasteiger partial charge in [0.05, 0.1) is 0 Å². The number of H-pyrrole nitrogens is 1. The number of anilines is 2. The lowest BCUT2D eigenvalue weighted by Gasteiger charge is -2.07. The summed E-state index contributed by atoms with van der Waals surface area (Å²) in [5, 5.41) is 13.5. The van der Waals surface area contributed by atoms with Crippen LogP contribution < -0.4 is 10.6 Å². The first-order valence-corrected chi connectivity index (χ1v) is 5.30. The van der Waals surface area contributed by atoms with Crippen LogP contribution in [0.25, 0.3) is 0 Å². The average Bonchev–Trinajstić information content (AvgIpc) is 2.65. The number of para-hydroxylation sites is 1. The minimum atomic E-state index is 0.526. The lowest BCUT2D eigenvalue weighted by atomic mass is 10.3. The Morgan fingerprint density at radius 3 is 2.62 bits per heavy atom. The molecule has 0 atom stereocenters. The summed E-state index contributed by atoms with van der Waals surface area (Å²) in [6.45, 7) is 1.94. The highest BCUT2D eigenvalue weighted by atomic mass is 32.1. The maximum atomic E-state index is 5.15. The molecule has 2 aromatic rings. The van der Waals surface area contributed by atoms with Crippen molar-refractivity contribution >= 4 is 28.8 Å². The molecular formula is C11H12N4S. The van der Waals surface area contributed by atoms with Crippen molar-refractivity contribution in [1.29, 1.82) is 0 Å². The van der Waals surface area contributed by atoms with Crippen LogP contribution >= 0.6 is 12.2 Å². The molecule has 0 aliphatic carbocycles. The summed E-state index contributed by atoms with van der Waals surface area (Å²) in [7, 11) is 0. The van der Waals surface area contributed by atoms with E-state index in [2.05, 4.69) is 20.8 Å². The number of thiocarbonyl (C=S) groups is 1. The van der Waals surface area contributed by atoms with Crippen LogP contribution in [0.4, 0.5) is 11.5 Å². The van der Waals surface area contributed by atoms with Gasteiger partial charge in [-0.15, -0.1) is 0 Å². The fraction of sp³-hybridized carbons (Fsp3) is 0.0909. The van der Waals surface area contributed by atoms with Gasteiger partial charge < -0.3 is 10.6 Å². The van der Waals surface area contributed by atoms with Crippen molar-refractivity contribution in [2.45, 2.75) is 6.92 Å². The average molecular weight is 232 g/mol. The smallest absolute Gasteiger partial charge is 0.176 e. The highest BCUT2D eigenvalue weighted by Crippen LogP contribution is 2.07. The molecule has 0 bridgehead atoms. The van der Waals surface area contributed by atoms with Crippen molar-refractivity contribution in [2.75, 3.05) is 10.6 Å². The monoisotopic (exact) mass is 232 g/mol. The summed E-state index contributed by atoms with van der Waals surface area (Å²) in [6, 6.07) is 11.6. The van der Waals surface area contributed by atoms with Crippen LogP contribution in [0.15, 0.2) is 36.4 Å². The number of aryl methyl sites for hydroxylation is 1. The summed E-state index contributed by atoms with van der Waals surface area (Å²) in [4.78, 5) is 0. The minimum Gasteiger partial charge on any atom is -0.332 e. The van der Waals surface area contributed by atoms with Gasteiger partial charge >= 0.3 is 0 Å². The standard InChI is InChI=1S/C11H12N4S/c1-8-7-10(15-14-8)13-11(16)12-9-5-3-2-4-6-9/h2-7H,1H3,(H3,12,13,14,15,16). The fourth-order valence-corrected chi connectivity index (χ4v) is 1.50. The highest BCUT2D eigenvalue weighted by Gasteiger charge is 2.00. The Bertz CT molecular complexity index is 478. The summed E-state index contributed by atoms with van der Waals surface area (Å²) in [5.41, 5.74) is 1.94. The molecule has 0 radical (unpaired) electrons. The van der Waals surface area contributed by atoms with Crippen molar-refractivity contribution in [2.24, 2.45) is 0 Å². The van der Waals surface area contributed by atoms with Gasteiger partial charge in [0.25, 0.3) is 0 Å². The Hall–Kier alpha value is -1.88. The zero-order valence-electron chi connectivity index (χ0n) is 8.82. The number of aromatic amines is 1. The first kappa shape index (κ1) is 10.6. The van der Waals surface area contributed by atoms with Gasteiger partial charge in [0.2, 0.25) is 0 Å². The maximum Gasteiger partial charge on any atom is 0.176 e. The topological polar surface area (TPSA) is 52.7 Å². The van der Waals surface area contributed by atoms with E-state index in [-0.39, 0.29) is 0 Å². The third-order valence-electron chi connectivity index (χ3n) is 1.98. The van der Waals surface area contributed by atoms with E-state index >= 15 is 0 Å². The van der Waals surface area contributed by atoms with E-state index in [0.29, 0.717) is 10.9 Å². The van der Waals surface area contributed by atoms with E-state index in [9.17, 15) is 0 Å². The van der Waals surface area contributed by atoms with Crippen LogP contribution in [-0.4, -0.2) is 15.3 Å². The Morgan fingerprint density at radius 2 is 2.00 bits per heavy atom. The van der Waals surface area contributed by atoms with Gasteiger partial charge in [-0.05, 0) is 31.3 Å². The van der Waals surface area contributed by atoms with Crippen molar-refractivity contribution in [3.8, 4) is 0 Å². The SMILES string of the molecule is Cc1cc(NC(=S)Nc2ccccc2)n[nH]1. The van der Waals surface area contributed by atoms with E-state index in [1.807, 2.05) is 43.3 Å². The molecule has 2 rings (SSSR count). The van der Waals surface area contributed by atoms with Crippen LogP contribution in [0, 0.1) is 6.92 Å². The Labute approximate surface area is 99.1 Å². The molecule has 0 saturated carbocycles. The fourth-order valence-electron chi connectivity index (χ4n) is 1.28. The second kappa shape index (κ2) is 4.76. The van der Waals surface area contributed by atoms with E-state index in [4.69, 9.17) is 12.2 Å². The molecule has 1 aromatic heterocycles. The molecule has 1 aromatic carbocycles. The number of rotatable bonds is 2. The molecule has 0 aliphatic rings. The van der Waals surface area contributed by atoms with E-state index < -0.39 is 0 Å². The molecule has 3 N–H and O–H groups in total. The second-order valence-electron chi connectivity index (χ2n) is 3.38. The maximum absolute atomic E-state index is 5.15. The van der Waals surface area contributed by atoms with E-state index in [0.717, 1.165) is 11.4 Å². The van der Waals surface area contributed by atoms with Crippen LogP contribution in [-0.2, 0) is 0 Å². The normalized spacial score (nSPS) is 9.81. The molecule has 0 unspecified atom stereocenters. The minimum absolute atomic E-state index is 0.526. The number of nitrogens with one attached hydrogen (secondary N) is 3. The highest BCUT2D eigenvalue weighted by molar-refractivity contribution is 7.80. The lowest BCUT2D eigenvalue weighted by Crippen LogP contribution is -2.19. The quantitative estimate of drug-likeness (QED) is 0.696. The first-order valence-electron chi connectivity index (χ1n) is 4.89. The Morgan fingerprint density at radius 1 is 1.25 bits per heavy atom. The van der Waals surface area contributed by atoms with Gasteiger partial charge in [-0.1, -0.05) is 18.2 Å². The molecule has 0 spiro atoms. The Balaban J connectivity index is 1.95. The van der Waals surface area contributed by atoms with Crippen molar-refractivity contribution in [1.82, 2.24) is 10.2 Å². The molecule has 0 amide bonds. The third-order valence-corrected chi connectivity index (χ3v) is 2.18. The van der Waals surface area contributed by atoms with Crippen molar-refractivity contribution < 1.29 is 0 Å². The molecular weight excluding hydrogens is 220 g/mol. The second-order valence-corrected chi connectivity index (χ2v) is 3.79. The zero-order valence-corrected chi connectivity index (χ0v) is 9.64. The largest absolute Gasteiger partial charge is 0.332 e. The predicted molar refractivity (Wildman–Crippen MR) is 69.6 cm³/mol. The van der Waals surface area contributed by atoms with Crippen molar-refractivity contribution in [3.05, 3.63) is 42.1 Å². The van der Waals surface area contributed by atoms with Crippen LogP contribution in [0.1, 0.15) is 5.69 Å². The van der Waals surface area contributed by atoms with Gasteiger partial charge in [0, 0.05) is 17.4 Å². The summed E-state index contributed by atoms with van der Waals surface area (Å²) in [5.74, 6) is 0.714. The Kier molecular flexibility index (Phi) is 3.16. The number of nitrogens with zero attached hydrogens (tertiary/aromatic N) is 1. The van der Waals surface area contributed by atoms with Crippen molar-refractivity contribution in [3.63, 3.8) is 0 Å². The van der Waals surface area contributed by atoms with Gasteiger partial charge in [0.15, 0.2) is 10.9 Å². The van der Waals surface area contributed by atoms with E-state index in [1.165, 1.54) is 0 Å². The number of aromatic nitrogens is 2. The lowest BCUT2D eigenvalue weighted by molar-refractivity contribution is 1.05. The van der Waals surface area contributed by atoms with Gasteiger partial charge in [-0.2, -0.15) is 5.10 Å². The third kappa shape index (κ3) is 2.80. The predicted octanol–water partition coefficient (Wildman–Crippen LogP) is 2.53. The van der Waals surface area contributed by atoms with E-state index in [1.54, 1.807) is 0 Å². The molecule has 82 valence electrons. The number of benzene rings is 1. The van der Waals surface area contributed by atoms with Gasteiger partial charge in [0.1, 0.15) is 0 Å². The van der Waals surface area contributed by atoms with Gasteiger partial charge in [-0.3, -0.25) is 5.10 Å². The van der Waals surface area contributed by atoms with Gasteiger partial charge in [-0.25, -0.2) is 0 Å². The summed E-state index contributed by atoms with van der Waals surface area (Å²) >= 11 is 5.15. The molecule has 1 heterocycles. The number of hydrogen-bond donors (Lipinski definition) is 3. The van der Waals surface area contributed by atoms with Crippen LogP contribution in [0.2, 0.25) is 0 Å². The molecule has 0 saturated heterocycles. The molecule has 0 aliphatic heterocycles. The summed E-state index contributed by atoms with van der Waals surface area (Å²) < 4.78 is 0. The molecule has 16 heavy (non-hydrogen) atoms. The molecule has 0 fully saturated rings. The van der Waals surface area contributed by atoms with Crippen LogP contribution in [0.5, 0.6) is 0 Å². The number of hydrogen-bond acceptors (Lipinski definition) is 2. The molecule has 5 heteroatoms. The molecule has 4 nitrogen and oxygen atoms in total. The van der Waals surface area contributed by atoms with Crippen LogP contribution in [0.3, 0.4) is 0 Å². The first-order chi connectivity index (χ1) is 7.74. The summed E-state index contributed by atoms with van der Waals surface area (Å²) in [6.07, 6.45) is 0. The zero-order chi connectivity index (χ0) is 11.4.